The number of urea groups is 1. The van der Waals surface area contributed by atoms with E-state index in [4.69, 9.17) is 16.6 Å². The number of halogens is 1. The van der Waals surface area contributed by atoms with E-state index in [0.717, 1.165) is 24.1 Å². The minimum Gasteiger partial charge on any atom is -0.315 e. The number of para-hydroxylation sites is 2. The van der Waals surface area contributed by atoms with Gasteiger partial charge < -0.3 is 10.2 Å². The predicted molar refractivity (Wildman–Crippen MR) is 143 cm³/mol. The first-order chi connectivity index (χ1) is 16.9. The van der Waals surface area contributed by atoms with Crippen molar-refractivity contribution in [2.45, 2.75) is 39.7 Å². The molecule has 1 unspecified atom stereocenters. The van der Waals surface area contributed by atoms with Crippen LogP contribution in [-0.2, 0) is 6.42 Å². The van der Waals surface area contributed by atoms with Gasteiger partial charge in [-0.15, -0.1) is 0 Å². The Labute approximate surface area is 210 Å². The molecule has 1 atom stereocenters. The highest BCUT2D eigenvalue weighted by Gasteiger charge is 2.27. The Hall–Kier alpha value is -3.64. The number of carbonyl (C=O) groups is 1. The summed E-state index contributed by atoms with van der Waals surface area (Å²) in [6, 6.07) is 21.4. The van der Waals surface area contributed by atoms with Crippen LogP contribution in [0.1, 0.15) is 44.6 Å². The van der Waals surface area contributed by atoms with Crippen molar-refractivity contribution in [3.8, 4) is 5.69 Å². The van der Waals surface area contributed by atoms with Gasteiger partial charge in [-0.1, -0.05) is 61.8 Å². The summed E-state index contributed by atoms with van der Waals surface area (Å²) in [5, 5.41) is 4.02. The van der Waals surface area contributed by atoms with Crippen LogP contribution < -0.4 is 10.9 Å². The highest BCUT2D eigenvalue weighted by Crippen LogP contribution is 2.26. The van der Waals surface area contributed by atoms with Crippen LogP contribution in [0.4, 0.5) is 10.5 Å². The van der Waals surface area contributed by atoms with E-state index >= 15 is 0 Å². The van der Waals surface area contributed by atoms with Crippen molar-refractivity contribution in [3.05, 3.63) is 99.6 Å². The molecule has 1 heterocycles. The zero-order chi connectivity index (χ0) is 24.9. The largest absolute Gasteiger partial charge is 0.322 e. The second kappa shape index (κ2) is 10.7. The Kier molecular flexibility index (Phi) is 7.51. The van der Waals surface area contributed by atoms with Gasteiger partial charge in [-0.05, 0) is 61.7 Å². The van der Waals surface area contributed by atoms with Gasteiger partial charge in [-0.25, -0.2) is 9.78 Å². The van der Waals surface area contributed by atoms with E-state index in [1.54, 1.807) is 39.8 Å². The summed E-state index contributed by atoms with van der Waals surface area (Å²) in [4.78, 5) is 33.8. The molecule has 180 valence electrons. The number of carbonyl (C=O) groups excluding carboxylic acids is 1. The number of nitrogens with zero attached hydrogens (tertiary/aromatic N) is 3. The molecule has 0 radical (unpaired) electrons. The number of amides is 2. The lowest BCUT2D eigenvalue weighted by Gasteiger charge is -2.30. The summed E-state index contributed by atoms with van der Waals surface area (Å²) in [7, 11) is 0. The number of hydrogen-bond donors (Lipinski definition) is 1. The summed E-state index contributed by atoms with van der Waals surface area (Å²) < 4.78 is 1.67. The molecule has 4 aromatic rings. The summed E-state index contributed by atoms with van der Waals surface area (Å²) in [6.07, 6.45) is 1.51. The average molecular weight is 489 g/mol. The molecule has 6 nitrogen and oxygen atoms in total. The lowest BCUT2D eigenvalue weighted by molar-refractivity contribution is 0.189. The van der Waals surface area contributed by atoms with Crippen molar-refractivity contribution in [2.24, 2.45) is 0 Å². The molecule has 0 saturated heterocycles. The van der Waals surface area contributed by atoms with E-state index in [1.165, 1.54) is 0 Å². The number of benzene rings is 3. The monoisotopic (exact) mass is 488 g/mol. The van der Waals surface area contributed by atoms with Crippen molar-refractivity contribution < 1.29 is 4.79 Å². The molecule has 3 aromatic carbocycles. The van der Waals surface area contributed by atoms with Crippen LogP contribution in [0.5, 0.6) is 0 Å². The Morgan fingerprint density at radius 2 is 1.80 bits per heavy atom. The third kappa shape index (κ3) is 5.08. The molecule has 2 amide bonds. The Morgan fingerprint density at radius 1 is 1.06 bits per heavy atom. The molecule has 0 bridgehead atoms. The molecular formula is C28H29ClN4O2. The van der Waals surface area contributed by atoms with Crippen molar-refractivity contribution in [3.63, 3.8) is 0 Å². The number of nitrogens with one attached hydrogen (secondary N) is 1. The van der Waals surface area contributed by atoms with Crippen molar-refractivity contribution in [1.29, 1.82) is 0 Å². The number of aryl methyl sites for hydroxylation is 1. The second-order valence-electron chi connectivity index (χ2n) is 8.42. The first-order valence-electron chi connectivity index (χ1n) is 11.9. The van der Waals surface area contributed by atoms with E-state index in [1.807, 2.05) is 56.3 Å². The lowest BCUT2D eigenvalue weighted by Crippen LogP contribution is -2.40. The van der Waals surface area contributed by atoms with E-state index < -0.39 is 6.04 Å². The Bertz CT molecular complexity index is 1420. The molecule has 7 heteroatoms. The Balaban J connectivity index is 1.86. The minimum atomic E-state index is -0.476. The van der Waals surface area contributed by atoms with Gasteiger partial charge in [-0.2, -0.15) is 0 Å². The molecule has 1 N–H and O–H groups in total. The second-order valence-corrected chi connectivity index (χ2v) is 8.86. The zero-order valence-corrected chi connectivity index (χ0v) is 20.9. The summed E-state index contributed by atoms with van der Waals surface area (Å²) >= 11 is 6.10. The molecule has 1 aromatic heterocycles. The maximum absolute atomic E-state index is 13.8. The predicted octanol–water partition coefficient (Wildman–Crippen LogP) is 6.61. The molecule has 35 heavy (non-hydrogen) atoms. The maximum Gasteiger partial charge on any atom is 0.322 e. The molecule has 0 aliphatic carbocycles. The van der Waals surface area contributed by atoms with Gasteiger partial charge in [-0.3, -0.25) is 9.36 Å². The van der Waals surface area contributed by atoms with E-state index in [-0.39, 0.29) is 11.6 Å². The van der Waals surface area contributed by atoms with E-state index in [2.05, 4.69) is 12.2 Å². The summed E-state index contributed by atoms with van der Waals surface area (Å²) in [6.45, 7) is 6.48. The van der Waals surface area contributed by atoms with Crippen molar-refractivity contribution in [1.82, 2.24) is 14.5 Å². The van der Waals surface area contributed by atoms with Crippen LogP contribution in [-0.4, -0.2) is 27.0 Å². The van der Waals surface area contributed by atoms with E-state index in [9.17, 15) is 9.59 Å². The molecule has 0 aliphatic heterocycles. The van der Waals surface area contributed by atoms with Gasteiger partial charge >= 0.3 is 6.03 Å². The van der Waals surface area contributed by atoms with Crippen molar-refractivity contribution in [2.75, 3.05) is 11.9 Å². The fourth-order valence-electron chi connectivity index (χ4n) is 4.30. The SMILES string of the molecule is CCCN(C(=O)Nc1cccc(Cl)c1)C(C)c1nc2ccccc2c(=O)n1-c1ccccc1CC. The number of fused-ring (bicyclic) bond motifs is 1. The minimum absolute atomic E-state index is 0.148. The zero-order valence-electron chi connectivity index (χ0n) is 20.2. The quantitative estimate of drug-likeness (QED) is 0.318. The molecule has 0 saturated carbocycles. The molecule has 4 rings (SSSR count). The molecular weight excluding hydrogens is 460 g/mol. The number of rotatable bonds is 7. The van der Waals surface area contributed by atoms with Crippen LogP contribution in [0, 0.1) is 0 Å². The van der Waals surface area contributed by atoms with Crippen LogP contribution in [0.15, 0.2) is 77.6 Å². The van der Waals surface area contributed by atoms with Crippen molar-refractivity contribution >= 4 is 34.2 Å². The van der Waals surface area contributed by atoms with Gasteiger partial charge in [0.1, 0.15) is 5.82 Å². The van der Waals surface area contributed by atoms with Gasteiger partial charge in [0.25, 0.3) is 5.56 Å². The van der Waals surface area contributed by atoms with Gasteiger partial charge in [0.2, 0.25) is 0 Å². The first-order valence-corrected chi connectivity index (χ1v) is 12.3. The molecule has 0 aliphatic rings. The average Bonchev–Trinajstić information content (AvgIpc) is 2.87. The number of aromatic nitrogens is 2. The highest BCUT2D eigenvalue weighted by molar-refractivity contribution is 6.30. The molecule has 0 spiro atoms. The highest BCUT2D eigenvalue weighted by atomic mass is 35.5. The van der Waals surface area contributed by atoms with Crippen LogP contribution in [0.25, 0.3) is 16.6 Å². The third-order valence-corrected chi connectivity index (χ3v) is 6.29. The van der Waals surface area contributed by atoms with E-state index in [0.29, 0.717) is 34.0 Å². The number of hydrogen-bond acceptors (Lipinski definition) is 3. The fourth-order valence-corrected chi connectivity index (χ4v) is 4.49. The van der Waals surface area contributed by atoms with Gasteiger partial charge in [0.05, 0.1) is 22.6 Å². The Morgan fingerprint density at radius 3 is 2.54 bits per heavy atom. The fraction of sp³-hybridized carbons (Fsp3) is 0.250. The van der Waals surface area contributed by atoms with Crippen LogP contribution in [0.2, 0.25) is 5.02 Å². The molecule has 0 fully saturated rings. The van der Waals surface area contributed by atoms with Gasteiger partial charge in [0, 0.05) is 17.3 Å². The summed E-state index contributed by atoms with van der Waals surface area (Å²) in [5.74, 6) is 0.518. The maximum atomic E-state index is 13.8. The lowest BCUT2D eigenvalue weighted by atomic mass is 10.1. The third-order valence-electron chi connectivity index (χ3n) is 6.06. The number of anilines is 1. The standard InChI is InChI=1S/C28H29ClN4O2/c1-4-17-32(28(35)30-22-13-10-12-21(29)18-22)19(3)26-31-24-15-8-7-14-23(24)27(34)33(26)25-16-9-6-11-20(25)5-2/h6-16,18-19H,4-5,17H2,1-3H3,(H,30,35). The smallest absolute Gasteiger partial charge is 0.315 e. The topological polar surface area (TPSA) is 67.2 Å². The van der Waals surface area contributed by atoms with Gasteiger partial charge in [0.15, 0.2) is 0 Å². The first kappa shape index (κ1) is 24.5. The summed E-state index contributed by atoms with van der Waals surface area (Å²) in [5.41, 5.74) is 2.88. The normalized spacial score (nSPS) is 11.9. The van der Waals surface area contributed by atoms with Crippen LogP contribution >= 0.6 is 11.6 Å². The van der Waals surface area contributed by atoms with Crippen LogP contribution in [0.3, 0.4) is 0 Å².